The van der Waals surface area contributed by atoms with E-state index >= 15 is 0 Å². The predicted molar refractivity (Wildman–Crippen MR) is 171 cm³/mol. The Kier molecular flexibility index (Phi) is 10.6. The van der Waals surface area contributed by atoms with Gasteiger partial charge in [0.05, 0.1) is 0 Å². The van der Waals surface area contributed by atoms with E-state index < -0.39 is 0 Å². The molecule has 0 heterocycles. The normalized spacial score (nSPS) is 12.4. The lowest BCUT2D eigenvalue weighted by Crippen LogP contribution is -2.12. The second-order valence-corrected chi connectivity index (χ2v) is 10.5. The van der Waals surface area contributed by atoms with E-state index in [0.717, 1.165) is 76.4 Å². The van der Waals surface area contributed by atoms with E-state index in [0.29, 0.717) is 11.2 Å². The van der Waals surface area contributed by atoms with Gasteiger partial charge in [0, 0.05) is 0 Å². The highest BCUT2D eigenvalue weighted by atomic mass is 19.1. The van der Waals surface area contributed by atoms with Crippen molar-refractivity contribution in [3.05, 3.63) is 153 Å². The van der Waals surface area contributed by atoms with Crippen molar-refractivity contribution >= 4 is 25.7 Å². The van der Waals surface area contributed by atoms with Gasteiger partial charge in [-0.25, -0.2) is 8.78 Å². The van der Waals surface area contributed by atoms with Crippen LogP contribution in [0.2, 0.25) is 12.6 Å². The van der Waals surface area contributed by atoms with Crippen LogP contribution in [0.5, 0.6) is 0 Å². The number of halogens is 2. The van der Waals surface area contributed by atoms with Crippen LogP contribution in [-0.2, 0) is 0 Å². The third kappa shape index (κ3) is 8.47. The van der Waals surface area contributed by atoms with Crippen LogP contribution in [0, 0.1) is 25.5 Å². The van der Waals surface area contributed by atoms with Crippen molar-refractivity contribution in [2.75, 3.05) is 0 Å². The number of rotatable bonds is 12. The maximum absolute atomic E-state index is 13.6. The second kappa shape index (κ2) is 14.5. The highest BCUT2D eigenvalue weighted by Crippen LogP contribution is 2.28. The lowest BCUT2D eigenvalue weighted by Gasteiger charge is -2.14. The maximum Gasteiger partial charge on any atom is 0.174 e. The van der Waals surface area contributed by atoms with Crippen LogP contribution in [-0.4, -0.2) is 14.6 Å². The zero-order chi connectivity index (χ0) is 29.2. The fraction of sp³-hybridized carbons (Fsp3) is 0.200. The minimum atomic E-state index is -0.268. The van der Waals surface area contributed by atoms with Crippen molar-refractivity contribution in [2.45, 2.75) is 45.8 Å². The van der Waals surface area contributed by atoms with Crippen LogP contribution >= 0.6 is 0 Å². The molecule has 0 saturated carbocycles. The molecule has 0 aliphatic rings. The monoisotopic (exact) mass is 544 g/mol. The van der Waals surface area contributed by atoms with E-state index in [2.05, 4.69) is 26.7 Å². The minimum Gasteiger partial charge on any atom is -0.410 e. The zero-order valence-corrected chi connectivity index (χ0v) is 23.8. The van der Waals surface area contributed by atoms with Gasteiger partial charge >= 0.3 is 0 Å². The van der Waals surface area contributed by atoms with Crippen molar-refractivity contribution < 1.29 is 8.78 Å². The van der Waals surface area contributed by atoms with Crippen LogP contribution < -0.4 is 11.5 Å². The van der Waals surface area contributed by atoms with Gasteiger partial charge in [0.15, 0.2) is 14.6 Å². The van der Waals surface area contributed by atoms with Gasteiger partial charge in [-0.05, 0) is 82.7 Å². The maximum atomic E-state index is 13.6. The molecule has 0 amide bonds. The third-order valence-electron chi connectivity index (χ3n) is 7.09. The third-order valence-corrected chi connectivity index (χ3v) is 7.09. The molecular formula is C35H36B2F2N2. The van der Waals surface area contributed by atoms with Gasteiger partial charge in [-0.15, -0.1) is 0 Å². The number of hydrogen-bond acceptors (Lipinski definition) is 2. The number of hydrogen-bond donors (Lipinski definition) is 2. The highest BCUT2D eigenvalue weighted by Gasteiger charge is 2.13. The standard InChI is InChI=1S/C35H36B2F2N2/c1-24-8-6-10-28(22-24)32(26-12-16-30(38)17-13-26)34(40)36-20-4-3-5-21-37-35(41)33(27-14-18-31(39)19-15-27)29-11-7-9-25(2)23-29/h6-19,22-23H,3-5,20-21,40-41H2,1-2H3. The molecule has 41 heavy (non-hydrogen) atoms. The molecule has 4 N–H and O–H groups in total. The smallest absolute Gasteiger partial charge is 0.174 e. The van der Waals surface area contributed by atoms with Gasteiger partial charge in [0.25, 0.3) is 0 Å². The first-order chi connectivity index (χ1) is 19.8. The molecule has 2 radical (unpaired) electrons. The van der Waals surface area contributed by atoms with Gasteiger partial charge in [-0.2, -0.15) is 0 Å². The van der Waals surface area contributed by atoms with Crippen LogP contribution in [0.25, 0.3) is 11.1 Å². The van der Waals surface area contributed by atoms with E-state index in [4.69, 9.17) is 11.5 Å². The molecule has 4 aromatic rings. The Morgan fingerprint density at radius 1 is 0.537 bits per heavy atom. The Balaban J connectivity index is 1.36. The van der Waals surface area contributed by atoms with Crippen LogP contribution in [0.4, 0.5) is 8.78 Å². The molecule has 206 valence electrons. The summed E-state index contributed by atoms with van der Waals surface area (Å²) in [5.74, 6) is -0.535. The van der Waals surface area contributed by atoms with Crippen LogP contribution in [0.15, 0.2) is 108 Å². The summed E-state index contributed by atoms with van der Waals surface area (Å²) in [6.45, 7) is 4.10. The quantitative estimate of drug-likeness (QED) is 0.140. The number of nitrogens with two attached hydrogens (primary N) is 2. The van der Waals surface area contributed by atoms with Gasteiger partial charge in [0.2, 0.25) is 0 Å². The Bertz CT molecular complexity index is 1400. The Hall–Kier alpha value is -4.05. The summed E-state index contributed by atoms with van der Waals surface area (Å²) in [4.78, 5) is 0. The SMILES string of the molecule is Cc1cccc(C(=C(N)[B]CCCCC[B]C(N)=C(c2ccc(F)cc2)c2cccc(C)c2)c2ccc(F)cc2)c1. The molecule has 0 aliphatic heterocycles. The van der Waals surface area contributed by atoms with Crippen molar-refractivity contribution in [3.8, 4) is 0 Å². The van der Waals surface area contributed by atoms with E-state index in [1.54, 1.807) is 24.3 Å². The fourth-order valence-electron chi connectivity index (χ4n) is 5.02. The van der Waals surface area contributed by atoms with Gasteiger partial charge in [-0.1, -0.05) is 116 Å². The van der Waals surface area contributed by atoms with Crippen molar-refractivity contribution in [1.29, 1.82) is 0 Å². The summed E-state index contributed by atoms with van der Waals surface area (Å²) < 4.78 is 27.2. The average molecular weight is 544 g/mol. The summed E-state index contributed by atoms with van der Waals surface area (Å²) >= 11 is 0. The van der Waals surface area contributed by atoms with E-state index in [9.17, 15) is 8.78 Å². The van der Waals surface area contributed by atoms with Crippen LogP contribution in [0.3, 0.4) is 0 Å². The molecule has 0 aromatic heterocycles. The van der Waals surface area contributed by atoms with Crippen molar-refractivity contribution in [1.82, 2.24) is 0 Å². The molecule has 0 spiro atoms. The van der Waals surface area contributed by atoms with E-state index in [-0.39, 0.29) is 11.6 Å². The Morgan fingerprint density at radius 2 is 0.927 bits per heavy atom. The lowest BCUT2D eigenvalue weighted by molar-refractivity contribution is 0.627. The number of benzene rings is 4. The zero-order valence-electron chi connectivity index (χ0n) is 23.8. The average Bonchev–Trinajstić information content (AvgIpc) is 2.95. The second-order valence-electron chi connectivity index (χ2n) is 10.5. The van der Waals surface area contributed by atoms with Gasteiger partial charge < -0.3 is 11.5 Å². The first-order valence-electron chi connectivity index (χ1n) is 14.1. The summed E-state index contributed by atoms with van der Waals surface area (Å²) in [7, 11) is 4.15. The largest absolute Gasteiger partial charge is 0.410 e. The summed E-state index contributed by atoms with van der Waals surface area (Å²) in [6.07, 6.45) is 4.70. The van der Waals surface area contributed by atoms with Crippen molar-refractivity contribution in [2.24, 2.45) is 11.5 Å². The topological polar surface area (TPSA) is 52.0 Å². The molecule has 6 heteroatoms. The van der Waals surface area contributed by atoms with E-state index in [1.807, 2.05) is 50.2 Å². The molecule has 0 fully saturated rings. The molecule has 0 saturated heterocycles. The molecule has 4 aromatic carbocycles. The summed E-state index contributed by atoms with van der Waals surface area (Å²) in [5, 5.41) is 0. The molecule has 0 atom stereocenters. The van der Waals surface area contributed by atoms with Crippen molar-refractivity contribution in [3.63, 3.8) is 0 Å². The first-order valence-corrected chi connectivity index (χ1v) is 14.1. The number of unbranched alkanes of at least 4 members (excludes halogenated alkanes) is 2. The fourth-order valence-corrected chi connectivity index (χ4v) is 5.02. The van der Waals surface area contributed by atoms with Gasteiger partial charge in [-0.3, -0.25) is 0 Å². The Labute approximate surface area is 244 Å². The molecule has 2 nitrogen and oxygen atoms in total. The minimum absolute atomic E-state index is 0.268. The Morgan fingerprint density at radius 3 is 1.29 bits per heavy atom. The molecule has 0 aliphatic carbocycles. The number of aryl methyl sites for hydroxylation is 2. The van der Waals surface area contributed by atoms with E-state index in [1.165, 1.54) is 24.3 Å². The van der Waals surface area contributed by atoms with Crippen LogP contribution in [0.1, 0.15) is 52.6 Å². The van der Waals surface area contributed by atoms with Gasteiger partial charge in [0.1, 0.15) is 11.6 Å². The summed E-state index contributed by atoms with van der Waals surface area (Å²) in [6, 6.07) is 29.4. The molecule has 0 unspecified atom stereocenters. The first kappa shape index (κ1) is 29.9. The summed E-state index contributed by atoms with van der Waals surface area (Å²) in [5.41, 5.74) is 22.5. The predicted octanol–water partition coefficient (Wildman–Crippen LogP) is 8.05. The lowest BCUT2D eigenvalue weighted by atomic mass is 9.65. The molecular weight excluding hydrogens is 508 g/mol. The molecule has 0 bridgehead atoms. The highest BCUT2D eigenvalue weighted by molar-refractivity contribution is 6.47. The molecule has 4 rings (SSSR count).